The third-order valence-corrected chi connectivity index (χ3v) is 6.31. The van der Waals surface area contributed by atoms with Gasteiger partial charge in [-0.05, 0) is 31.4 Å². The number of benzene rings is 1. The Hall–Kier alpha value is -2.45. The van der Waals surface area contributed by atoms with E-state index in [4.69, 9.17) is 4.74 Å². The number of nitrogens with zero attached hydrogens (tertiary/aromatic N) is 3. The molecule has 3 fully saturated rings. The van der Waals surface area contributed by atoms with Crippen molar-refractivity contribution >= 4 is 17.8 Å². The first kappa shape index (κ1) is 20.8. The number of piperidine rings is 1. The molecule has 3 heterocycles. The second kappa shape index (κ2) is 8.73. The number of ether oxygens (including phenoxy) is 1. The third kappa shape index (κ3) is 4.20. The quantitative estimate of drug-likeness (QED) is 0.733. The summed E-state index contributed by atoms with van der Waals surface area (Å²) in [4.78, 5) is 43.7. The largest absolute Gasteiger partial charge is 0.375 e. The zero-order valence-electron chi connectivity index (χ0n) is 17.5. The second-order valence-electron chi connectivity index (χ2n) is 8.44. The molecule has 3 aliphatic rings. The van der Waals surface area contributed by atoms with Gasteiger partial charge in [0.25, 0.3) is 5.91 Å². The maximum Gasteiger partial charge on any atom is 0.325 e. The molecule has 1 spiro atoms. The van der Waals surface area contributed by atoms with Gasteiger partial charge < -0.3 is 15.0 Å². The second-order valence-corrected chi connectivity index (χ2v) is 8.44. The fourth-order valence-corrected chi connectivity index (χ4v) is 4.65. The maximum atomic E-state index is 13.3. The standard InChI is InChI=1S/C22H30N4O4/c1-2-18-14-25(11-12-30-18)19(27)15-26-20(28)22(23-21(26)29)9-6-10-24(16-22)13-17-7-4-3-5-8-17/h3-5,7-8,18H,2,6,9-16H2,1H3,(H,23,29). The fourth-order valence-electron chi connectivity index (χ4n) is 4.65. The van der Waals surface area contributed by atoms with Crippen LogP contribution in [-0.4, -0.2) is 83.5 Å². The van der Waals surface area contributed by atoms with Crippen LogP contribution in [0.1, 0.15) is 31.7 Å². The van der Waals surface area contributed by atoms with Gasteiger partial charge in [0, 0.05) is 26.2 Å². The van der Waals surface area contributed by atoms with E-state index < -0.39 is 11.6 Å². The number of carbonyl (C=O) groups excluding carboxylic acids is 3. The van der Waals surface area contributed by atoms with Crippen molar-refractivity contribution in [2.75, 3.05) is 39.3 Å². The predicted octanol–water partition coefficient (Wildman–Crippen LogP) is 1.21. The molecule has 3 aliphatic heterocycles. The van der Waals surface area contributed by atoms with Crippen LogP contribution in [0.25, 0.3) is 0 Å². The zero-order valence-corrected chi connectivity index (χ0v) is 17.5. The Balaban J connectivity index is 1.41. The predicted molar refractivity (Wildman–Crippen MR) is 111 cm³/mol. The number of urea groups is 1. The number of amides is 4. The Kier molecular flexibility index (Phi) is 6.06. The molecule has 4 amide bonds. The minimum absolute atomic E-state index is 0.0158. The molecule has 1 N–H and O–H groups in total. The number of imide groups is 1. The van der Waals surface area contributed by atoms with Crippen LogP contribution in [0.4, 0.5) is 4.79 Å². The van der Waals surface area contributed by atoms with Crippen LogP contribution in [0, 0.1) is 0 Å². The average molecular weight is 415 g/mol. The molecule has 1 aromatic carbocycles. The first-order chi connectivity index (χ1) is 14.5. The summed E-state index contributed by atoms with van der Waals surface area (Å²) in [5.74, 6) is -0.479. The van der Waals surface area contributed by atoms with Gasteiger partial charge in [0.1, 0.15) is 12.1 Å². The van der Waals surface area contributed by atoms with Gasteiger partial charge in [0.15, 0.2) is 0 Å². The summed E-state index contributed by atoms with van der Waals surface area (Å²) in [5, 5.41) is 2.91. The highest BCUT2D eigenvalue weighted by molar-refractivity contribution is 6.09. The number of hydrogen-bond donors (Lipinski definition) is 1. The van der Waals surface area contributed by atoms with Crippen molar-refractivity contribution in [1.82, 2.24) is 20.0 Å². The summed E-state index contributed by atoms with van der Waals surface area (Å²) < 4.78 is 5.61. The molecule has 4 rings (SSSR count). The molecule has 8 nitrogen and oxygen atoms in total. The molecule has 8 heteroatoms. The Morgan fingerprint density at radius 3 is 2.80 bits per heavy atom. The van der Waals surface area contributed by atoms with Crippen molar-refractivity contribution in [3.05, 3.63) is 35.9 Å². The van der Waals surface area contributed by atoms with Crippen LogP contribution in [0.15, 0.2) is 30.3 Å². The summed E-state index contributed by atoms with van der Waals surface area (Å²) in [7, 11) is 0. The van der Waals surface area contributed by atoms with E-state index in [2.05, 4.69) is 22.3 Å². The van der Waals surface area contributed by atoms with Gasteiger partial charge in [-0.3, -0.25) is 19.4 Å². The lowest BCUT2D eigenvalue weighted by Crippen LogP contribution is -2.58. The van der Waals surface area contributed by atoms with E-state index in [1.807, 2.05) is 25.1 Å². The van der Waals surface area contributed by atoms with E-state index in [1.165, 1.54) is 5.56 Å². The third-order valence-electron chi connectivity index (χ3n) is 6.31. The van der Waals surface area contributed by atoms with E-state index in [1.54, 1.807) is 4.90 Å². The molecule has 0 bridgehead atoms. The Labute approximate surface area is 177 Å². The lowest BCUT2D eigenvalue weighted by molar-refractivity contribution is -0.144. The van der Waals surface area contributed by atoms with Gasteiger partial charge in [0.2, 0.25) is 5.91 Å². The van der Waals surface area contributed by atoms with Gasteiger partial charge in [-0.1, -0.05) is 37.3 Å². The highest BCUT2D eigenvalue weighted by atomic mass is 16.5. The van der Waals surface area contributed by atoms with Gasteiger partial charge in [-0.25, -0.2) is 4.79 Å². The number of rotatable bonds is 5. The van der Waals surface area contributed by atoms with Gasteiger partial charge in [-0.2, -0.15) is 0 Å². The summed E-state index contributed by atoms with van der Waals surface area (Å²) in [5.41, 5.74) is 0.248. The minimum Gasteiger partial charge on any atom is -0.375 e. The van der Waals surface area contributed by atoms with Gasteiger partial charge in [0.05, 0.1) is 12.7 Å². The SMILES string of the molecule is CCC1CN(C(=O)CN2C(=O)NC3(CCCN(Cc4ccccc4)C3)C2=O)CCO1. The number of nitrogens with one attached hydrogen (secondary N) is 1. The van der Waals surface area contributed by atoms with E-state index in [0.29, 0.717) is 32.7 Å². The summed E-state index contributed by atoms with van der Waals surface area (Å²) in [6.45, 7) is 5.38. The van der Waals surface area contributed by atoms with Crippen molar-refractivity contribution in [1.29, 1.82) is 0 Å². The van der Waals surface area contributed by atoms with Crippen molar-refractivity contribution < 1.29 is 19.1 Å². The Morgan fingerprint density at radius 1 is 1.23 bits per heavy atom. The van der Waals surface area contributed by atoms with Crippen LogP contribution in [0.2, 0.25) is 0 Å². The van der Waals surface area contributed by atoms with Crippen LogP contribution >= 0.6 is 0 Å². The normalized spacial score (nSPS) is 27.6. The first-order valence-electron chi connectivity index (χ1n) is 10.8. The summed E-state index contributed by atoms with van der Waals surface area (Å²) in [6, 6.07) is 9.64. The average Bonchev–Trinajstić information content (AvgIpc) is 2.98. The monoisotopic (exact) mass is 414 g/mol. The van der Waals surface area contributed by atoms with Crippen LogP contribution in [-0.2, 0) is 20.9 Å². The van der Waals surface area contributed by atoms with Crippen LogP contribution in [0.5, 0.6) is 0 Å². The number of morpholine rings is 1. The molecule has 162 valence electrons. The summed E-state index contributed by atoms with van der Waals surface area (Å²) >= 11 is 0. The molecule has 2 unspecified atom stereocenters. The first-order valence-corrected chi connectivity index (χ1v) is 10.8. The molecule has 2 atom stereocenters. The molecular weight excluding hydrogens is 384 g/mol. The van der Waals surface area contributed by atoms with Gasteiger partial charge >= 0.3 is 6.03 Å². The smallest absolute Gasteiger partial charge is 0.325 e. The topological polar surface area (TPSA) is 82.2 Å². The fraction of sp³-hybridized carbons (Fsp3) is 0.591. The highest BCUT2D eigenvalue weighted by Crippen LogP contribution is 2.29. The molecule has 0 aliphatic carbocycles. The molecule has 3 saturated heterocycles. The number of likely N-dealkylation sites (tertiary alicyclic amines) is 1. The van der Waals surface area contributed by atoms with E-state index in [9.17, 15) is 14.4 Å². The Morgan fingerprint density at radius 2 is 2.03 bits per heavy atom. The highest BCUT2D eigenvalue weighted by Gasteiger charge is 2.53. The van der Waals surface area contributed by atoms with Crippen molar-refractivity contribution in [3.8, 4) is 0 Å². The van der Waals surface area contributed by atoms with E-state index >= 15 is 0 Å². The molecule has 0 saturated carbocycles. The van der Waals surface area contributed by atoms with E-state index in [-0.39, 0.29) is 24.5 Å². The van der Waals surface area contributed by atoms with Gasteiger partial charge in [-0.15, -0.1) is 0 Å². The summed E-state index contributed by atoms with van der Waals surface area (Å²) in [6.07, 6.45) is 2.26. The molecule has 30 heavy (non-hydrogen) atoms. The van der Waals surface area contributed by atoms with Crippen LogP contribution in [0.3, 0.4) is 0 Å². The van der Waals surface area contributed by atoms with Crippen LogP contribution < -0.4 is 5.32 Å². The minimum atomic E-state index is -0.929. The number of carbonyl (C=O) groups is 3. The van der Waals surface area contributed by atoms with Crippen molar-refractivity contribution in [2.24, 2.45) is 0 Å². The van der Waals surface area contributed by atoms with E-state index in [0.717, 1.165) is 30.8 Å². The van der Waals surface area contributed by atoms with Crippen molar-refractivity contribution in [3.63, 3.8) is 0 Å². The molecule has 1 aromatic rings. The lowest BCUT2D eigenvalue weighted by atomic mass is 9.88. The molecule has 0 radical (unpaired) electrons. The maximum absolute atomic E-state index is 13.3. The Bertz CT molecular complexity index is 802. The number of hydrogen-bond acceptors (Lipinski definition) is 5. The molecular formula is C22H30N4O4. The molecule has 0 aromatic heterocycles. The van der Waals surface area contributed by atoms with Crippen molar-refractivity contribution in [2.45, 2.75) is 44.4 Å². The lowest BCUT2D eigenvalue weighted by Gasteiger charge is -2.38. The zero-order chi connectivity index (χ0) is 21.1.